The number of ether oxygens (including phenoxy) is 1. The second-order valence-corrected chi connectivity index (χ2v) is 6.36. The summed E-state index contributed by atoms with van der Waals surface area (Å²) in [5.74, 6) is -0.621. The first kappa shape index (κ1) is 17.2. The van der Waals surface area contributed by atoms with Crippen LogP contribution in [0.25, 0.3) is 0 Å². The van der Waals surface area contributed by atoms with Gasteiger partial charge in [0.2, 0.25) is 5.91 Å². The predicted molar refractivity (Wildman–Crippen MR) is 90.8 cm³/mol. The number of nitrogens with one attached hydrogen (secondary N) is 1. The van der Waals surface area contributed by atoms with E-state index >= 15 is 0 Å². The summed E-state index contributed by atoms with van der Waals surface area (Å²) >= 11 is 0. The summed E-state index contributed by atoms with van der Waals surface area (Å²) in [7, 11) is 0. The second kappa shape index (κ2) is 6.72. The van der Waals surface area contributed by atoms with Gasteiger partial charge in [-0.25, -0.2) is 4.79 Å². The lowest BCUT2D eigenvalue weighted by atomic mass is 10.1. The molecule has 2 heterocycles. The predicted octanol–water partition coefficient (Wildman–Crippen LogP) is 0.977. The van der Waals surface area contributed by atoms with Gasteiger partial charge in [0.1, 0.15) is 6.61 Å². The van der Waals surface area contributed by atoms with Crippen LogP contribution in [0, 0.1) is 12.8 Å². The molecule has 0 bridgehead atoms. The molecular formula is C17H21N3O5. The smallest absolute Gasteiger partial charge is 0.404 e. The maximum atomic E-state index is 12.5. The van der Waals surface area contributed by atoms with Crippen molar-refractivity contribution in [3.63, 3.8) is 0 Å². The highest BCUT2D eigenvalue weighted by atomic mass is 16.5. The van der Waals surface area contributed by atoms with E-state index in [9.17, 15) is 14.4 Å². The largest absolute Gasteiger partial charge is 0.465 e. The summed E-state index contributed by atoms with van der Waals surface area (Å²) in [4.78, 5) is 38.6. The Labute approximate surface area is 145 Å². The molecule has 2 atom stereocenters. The molecule has 0 aromatic heterocycles. The Morgan fingerprint density at radius 1 is 1.32 bits per heavy atom. The van der Waals surface area contributed by atoms with Gasteiger partial charge in [0.15, 0.2) is 0 Å². The van der Waals surface area contributed by atoms with Crippen LogP contribution in [0.2, 0.25) is 0 Å². The number of hydrogen-bond donors (Lipinski definition) is 2. The topological polar surface area (TPSA) is 99.2 Å². The number of morpholine rings is 1. The molecule has 3 rings (SSSR count). The average Bonchev–Trinajstić information content (AvgIpc) is 2.83. The Hall–Kier alpha value is -2.61. The van der Waals surface area contributed by atoms with Crippen LogP contribution < -0.4 is 15.1 Å². The highest BCUT2D eigenvalue weighted by Gasteiger charge is 2.39. The molecular weight excluding hydrogens is 326 g/mol. The normalized spacial score (nSPS) is 23.9. The van der Waals surface area contributed by atoms with Crippen molar-refractivity contribution in [2.45, 2.75) is 19.9 Å². The van der Waals surface area contributed by atoms with Gasteiger partial charge in [0, 0.05) is 24.5 Å². The molecule has 0 aliphatic carbocycles. The molecule has 8 nitrogen and oxygen atoms in total. The molecule has 2 aliphatic heterocycles. The van der Waals surface area contributed by atoms with Gasteiger partial charge < -0.3 is 25.0 Å². The minimum Gasteiger partial charge on any atom is -0.465 e. The molecule has 3 amide bonds. The number of carbonyl (C=O) groups is 3. The fraction of sp³-hybridized carbons (Fsp3) is 0.471. The van der Waals surface area contributed by atoms with Crippen LogP contribution in [0.15, 0.2) is 18.2 Å². The Morgan fingerprint density at radius 3 is 2.72 bits per heavy atom. The number of benzene rings is 1. The average molecular weight is 347 g/mol. The van der Waals surface area contributed by atoms with Crippen molar-refractivity contribution in [3.8, 4) is 0 Å². The van der Waals surface area contributed by atoms with Crippen molar-refractivity contribution < 1.29 is 24.2 Å². The highest BCUT2D eigenvalue weighted by Crippen LogP contribution is 2.30. The number of anilines is 2. The van der Waals surface area contributed by atoms with Gasteiger partial charge in [-0.05, 0) is 30.7 Å². The molecule has 1 aromatic carbocycles. The van der Waals surface area contributed by atoms with Crippen LogP contribution in [-0.4, -0.2) is 55.4 Å². The fourth-order valence-electron chi connectivity index (χ4n) is 3.31. The third-order valence-electron chi connectivity index (χ3n) is 4.72. The maximum Gasteiger partial charge on any atom is 0.404 e. The van der Waals surface area contributed by atoms with E-state index in [1.807, 2.05) is 19.1 Å². The number of hydrogen-bond acceptors (Lipinski definition) is 4. The van der Waals surface area contributed by atoms with Crippen LogP contribution in [0.5, 0.6) is 0 Å². The van der Waals surface area contributed by atoms with Gasteiger partial charge in [0.25, 0.3) is 5.91 Å². The Kier molecular flexibility index (Phi) is 4.63. The van der Waals surface area contributed by atoms with E-state index < -0.39 is 18.1 Å². The lowest BCUT2D eigenvalue weighted by molar-refractivity contribution is -0.125. The van der Waals surface area contributed by atoms with Gasteiger partial charge in [-0.2, -0.15) is 0 Å². The van der Waals surface area contributed by atoms with Gasteiger partial charge in [-0.15, -0.1) is 0 Å². The third-order valence-corrected chi connectivity index (χ3v) is 4.72. The molecule has 134 valence electrons. The summed E-state index contributed by atoms with van der Waals surface area (Å²) in [5.41, 5.74) is 2.38. The summed E-state index contributed by atoms with van der Waals surface area (Å²) in [6.45, 7) is 4.98. The van der Waals surface area contributed by atoms with Crippen molar-refractivity contribution in [3.05, 3.63) is 23.8 Å². The van der Waals surface area contributed by atoms with Gasteiger partial charge >= 0.3 is 6.09 Å². The summed E-state index contributed by atoms with van der Waals surface area (Å²) < 4.78 is 5.15. The molecule has 0 radical (unpaired) electrons. The maximum absolute atomic E-state index is 12.5. The molecule has 2 N–H and O–H groups in total. The van der Waals surface area contributed by atoms with Crippen molar-refractivity contribution in [2.24, 2.45) is 5.92 Å². The van der Waals surface area contributed by atoms with Crippen LogP contribution in [-0.2, 0) is 14.3 Å². The minimum atomic E-state index is -1.14. The van der Waals surface area contributed by atoms with Crippen molar-refractivity contribution in [1.82, 2.24) is 5.32 Å². The molecule has 2 aliphatic rings. The van der Waals surface area contributed by atoms with Crippen molar-refractivity contribution in [2.75, 3.05) is 36.1 Å². The highest BCUT2D eigenvalue weighted by molar-refractivity contribution is 5.99. The van der Waals surface area contributed by atoms with Gasteiger partial charge in [-0.1, -0.05) is 6.92 Å². The zero-order valence-electron chi connectivity index (χ0n) is 14.2. The Balaban J connectivity index is 1.82. The van der Waals surface area contributed by atoms with E-state index in [-0.39, 0.29) is 18.4 Å². The molecule has 2 saturated heterocycles. The number of carboxylic acid groups (broad SMARTS) is 1. The zero-order chi connectivity index (χ0) is 18.1. The number of aryl methyl sites for hydroxylation is 1. The van der Waals surface area contributed by atoms with Crippen molar-refractivity contribution in [1.29, 1.82) is 0 Å². The quantitative estimate of drug-likeness (QED) is 0.849. The molecule has 0 spiro atoms. The third kappa shape index (κ3) is 3.30. The van der Waals surface area contributed by atoms with E-state index in [1.165, 1.54) is 0 Å². The van der Waals surface area contributed by atoms with Crippen LogP contribution in [0.3, 0.4) is 0 Å². The lowest BCUT2D eigenvalue weighted by Crippen LogP contribution is -2.42. The molecule has 0 saturated carbocycles. The van der Waals surface area contributed by atoms with E-state index in [4.69, 9.17) is 9.84 Å². The number of carbonyl (C=O) groups excluding carboxylic acids is 2. The van der Waals surface area contributed by atoms with E-state index in [0.29, 0.717) is 25.4 Å². The number of nitrogens with zero attached hydrogens (tertiary/aromatic N) is 2. The van der Waals surface area contributed by atoms with Crippen LogP contribution >= 0.6 is 0 Å². The first-order valence-corrected chi connectivity index (χ1v) is 8.18. The second-order valence-electron chi connectivity index (χ2n) is 6.36. The van der Waals surface area contributed by atoms with E-state index in [2.05, 4.69) is 5.32 Å². The van der Waals surface area contributed by atoms with Gasteiger partial charge in [0.05, 0.1) is 18.6 Å². The van der Waals surface area contributed by atoms with Gasteiger partial charge in [-0.3, -0.25) is 9.59 Å². The van der Waals surface area contributed by atoms with Crippen LogP contribution in [0.1, 0.15) is 12.5 Å². The zero-order valence-corrected chi connectivity index (χ0v) is 14.2. The van der Waals surface area contributed by atoms with Crippen LogP contribution in [0.4, 0.5) is 16.2 Å². The first-order valence-electron chi connectivity index (χ1n) is 8.18. The lowest BCUT2D eigenvalue weighted by Gasteiger charge is -2.29. The van der Waals surface area contributed by atoms with E-state index in [0.717, 1.165) is 11.3 Å². The fourth-order valence-corrected chi connectivity index (χ4v) is 3.31. The summed E-state index contributed by atoms with van der Waals surface area (Å²) in [6, 6.07) is 5.03. The SMILES string of the molecule is Cc1cc(N2C[C@H](NC(=O)O)[C@@H](C)C2=O)ccc1N1CCOCC1=O. The minimum absolute atomic E-state index is 0.0753. The monoisotopic (exact) mass is 347 g/mol. The summed E-state index contributed by atoms with van der Waals surface area (Å²) in [6.07, 6.45) is -1.14. The summed E-state index contributed by atoms with van der Waals surface area (Å²) in [5, 5.41) is 11.3. The Morgan fingerprint density at radius 2 is 2.08 bits per heavy atom. The van der Waals surface area contributed by atoms with E-state index in [1.54, 1.807) is 22.8 Å². The molecule has 1 aromatic rings. The number of rotatable bonds is 3. The molecule has 0 unspecified atom stereocenters. The first-order chi connectivity index (χ1) is 11.9. The molecule has 8 heteroatoms. The standard InChI is InChI=1S/C17H21N3O5/c1-10-7-12(3-4-14(10)19-5-6-25-9-15(19)21)20-8-13(18-17(23)24)11(2)16(20)22/h3-4,7,11,13,18H,5-6,8-9H2,1-2H3,(H,23,24)/t11-,13+/m1/s1. The molecule has 2 fully saturated rings. The van der Waals surface area contributed by atoms with Crippen molar-refractivity contribution >= 4 is 29.3 Å². The number of amides is 3. The Bertz CT molecular complexity index is 720. The molecule has 25 heavy (non-hydrogen) atoms.